The number of nitro benzene ring substituents is 1. The van der Waals surface area contributed by atoms with E-state index in [9.17, 15) is 14.9 Å². The van der Waals surface area contributed by atoms with Crippen molar-refractivity contribution >= 4 is 35.6 Å². The Kier molecular flexibility index (Phi) is 6.39. The van der Waals surface area contributed by atoms with Gasteiger partial charge in [0.15, 0.2) is 0 Å². The number of piperidine rings is 1. The first-order chi connectivity index (χ1) is 9.49. The molecule has 21 heavy (non-hydrogen) atoms. The van der Waals surface area contributed by atoms with Gasteiger partial charge in [-0.3, -0.25) is 14.9 Å². The number of nitrogens with one attached hydrogen (secondary N) is 2. The van der Waals surface area contributed by atoms with E-state index in [2.05, 4.69) is 17.6 Å². The van der Waals surface area contributed by atoms with E-state index in [1.54, 1.807) is 0 Å². The molecule has 1 heterocycles. The van der Waals surface area contributed by atoms with Gasteiger partial charge in [-0.15, -0.1) is 12.4 Å². The summed E-state index contributed by atoms with van der Waals surface area (Å²) in [4.78, 5) is 22.3. The molecule has 0 aromatic heterocycles. The molecule has 1 amide bonds. The molecule has 2 rings (SSSR count). The fourth-order valence-corrected chi connectivity index (χ4v) is 2.54. The van der Waals surface area contributed by atoms with Crippen LogP contribution < -0.4 is 10.6 Å². The highest BCUT2D eigenvalue weighted by atomic mass is 35.5. The van der Waals surface area contributed by atoms with Crippen molar-refractivity contribution in [2.75, 3.05) is 13.1 Å². The summed E-state index contributed by atoms with van der Waals surface area (Å²) in [5.74, 6) is 0.0492. The van der Waals surface area contributed by atoms with Gasteiger partial charge in [-0.1, -0.05) is 18.5 Å². The number of amides is 1. The highest BCUT2D eigenvalue weighted by Gasteiger charge is 2.24. The molecule has 1 aromatic carbocycles. The minimum absolute atomic E-state index is 0. The summed E-state index contributed by atoms with van der Waals surface area (Å²) < 4.78 is 0. The Morgan fingerprint density at radius 3 is 2.81 bits per heavy atom. The van der Waals surface area contributed by atoms with Gasteiger partial charge in [0.2, 0.25) is 0 Å². The zero-order valence-electron chi connectivity index (χ0n) is 11.5. The number of benzene rings is 1. The van der Waals surface area contributed by atoms with Crippen molar-refractivity contribution < 1.29 is 9.72 Å². The van der Waals surface area contributed by atoms with Crippen molar-refractivity contribution in [2.24, 2.45) is 5.92 Å². The second kappa shape index (κ2) is 7.59. The average Bonchev–Trinajstić information content (AvgIpc) is 2.41. The molecule has 1 aliphatic rings. The van der Waals surface area contributed by atoms with Crippen LogP contribution in [0.4, 0.5) is 5.69 Å². The second-order valence-electron chi connectivity index (χ2n) is 4.97. The Bertz CT molecular complexity index is 539. The molecule has 8 heteroatoms. The van der Waals surface area contributed by atoms with E-state index < -0.39 is 4.92 Å². The number of carbonyl (C=O) groups is 1. The molecule has 1 aliphatic heterocycles. The van der Waals surface area contributed by atoms with E-state index in [0.29, 0.717) is 5.92 Å². The van der Waals surface area contributed by atoms with Gasteiger partial charge in [-0.05, 0) is 31.5 Å². The van der Waals surface area contributed by atoms with Crippen molar-refractivity contribution in [3.05, 3.63) is 38.9 Å². The van der Waals surface area contributed by atoms with Crippen LogP contribution in [-0.2, 0) is 0 Å². The summed E-state index contributed by atoms with van der Waals surface area (Å²) in [5.41, 5.74) is 0.143. The van der Waals surface area contributed by atoms with E-state index in [1.807, 2.05) is 0 Å². The van der Waals surface area contributed by atoms with Gasteiger partial charge >= 0.3 is 0 Å². The summed E-state index contributed by atoms with van der Waals surface area (Å²) in [7, 11) is 0. The molecule has 1 fully saturated rings. The van der Waals surface area contributed by atoms with E-state index in [-0.39, 0.29) is 40.6 Å². The Balaban J connectivity index is 0.00000220. The zero-order valence-corrected chi connectivity index (χ0v) is 13.0. The van der Waals surface area contributed by atoms with Crippen LogP contribution >= 0.6 is 24.0 Å². The van der Waals surface area contributed by atoms with Crippen LogP contribution in [0.25, 0.3) is 0 Å². The molecule has 0 spiro atoms. The standard InChI is InChI=1S/C13H16ClN3O3.ClH/c1-8-7-15-5-4-12(8)16-13(18)10-3-2-9(17(19)20)6-11(10)14;/h2-3,6,8,12,15H,4-5,7H2,1H3,(H,16,18);1H. The topological polar surface area (TPSA) is 84.3 Å². The van der Waals surface area contributed by atoms with Crippen LogP contribution in [0.5, 0.6) is 0 Å². The van der Waals surface area contributed by atoms with Crippen LogP contribution in [0.15, 0.2) is 18.2 Å². The molecule has 0 saturated carbocycles. The lowest BCUT2D eigenvalue weighted by Crippen LogP contribution is -2.48. The average molecular weight is 334 g/mol. The smallest absolute Gasteiger partial charge is 0.270 e. The molecule has 6 nitrogen and oxygen atoms in total. The van der Waals surface area contributed by atoms with Crippen LogP contribution in [0.3, 0.4) is 0 Å². The molecular weight excluding hydrogens is 317 g/mol. The number of non-ortho nitro benzene ring substituents is 1. The number of rotatable bonds is 3. The molecule has 0 radical (unpaired) electrons. The third-order valence-corrected chi connectivity index (χ3v) is 3.82. The predicted molar refractivity (Wildman–Crippen MR) is 83.3 cm³/mol. The number of carbonyl (C=O) groups excluding carboxylic acids is 1. The first-order valence-corrected chi connectivity index (χ1v) is 6.82. The maximum Gasteiger partial charge on any atom is 0.270 e. The van der Waals surface area contributed by atoms with Crippen LogP contribution in [0, 0.1) is 16.0 Å². The zero-order chi connectivity index (χ0) is 14.7. The Morgan fingerprint density at radius 2 is 2.24 bits per heavy atom. The monoisotopic (exact) mass is 333 g/mol. The number of hydrogen-bond acceptors (Lipinski definition) is 4. The summed E-state index contributed by atoms with van der Waals surface area (Å²) in [6.45, 7) is 3.79. The molecular formula is C13H17Cl2N3O3. The molecule has 1 saturated heterocycles. The van der Waals surface area contributed by atoms with Gasteiger partial charge in [0, 0.05) is 18.2 Å². The van der Waals surface area contributed by atoms with E-state index >= 15 is 0 Å². The number of halogens is 2. The first kappa shape index (κ1) is 17.7. The van der Waals surface area contributed by atoms with E-state index in [1.165, 1.54) is 18.2 Å². The van der Waals surface area contributed by atoms with Crippen molar-refractivity contribution in [1.82, 2.24) is 10.6 Å². The van der Waals surface area contributed by atoms with E-state index in [4.69, 9.17) is 11.6 Å². The number of nitrogens with zero attached hydrogens (tertiary/aromatic N) is 1. The first-order valence-electron chi connectivity index (χ1n) is 6.44. The molecule has 1 aromatic rings. The summed E-state index contributed by atoms with van der Waals surface area (Å²) in [5, 5.41) is 16.9. The molecule has 2 atom stereocenters. The second-order valence-corrected chi connectivity index (χ2v) is 5.38. The van der Waals surface area contributed by atoms with Crippen molar-refractivity contribution in [2.45, 2.75) is 19.4 Å². The lowest BCUT2D eigenvalue weighted by atomic mass is 9.95. The highest BCUT2D eigenvalue weighted by molar-refractivity contribution is 6.34. The van der Waals surface area contributed by atoms with Gasteiger partial charge in [0.25, 0.3) is 11.6 Å². The van der Waals surface area contributed by atoms with Crippen LogP contribution in [0.1, 0.15) is 23.7 Å². The van der Waals surface area contributed by atoms with Crippen molar-refractivity contribution in [3.8, 4) is 0 Å². The van der Waals surface area contributed by atoms with Crippen LogP contribution in [-0.4, -0.2) is 30.0 Å². The maximum atomic E-state index is 12.2. The third kappa shape index (κ3) is 4.30. The SMILES string of the molecule is CC1CNCCC1NC(=O)c1ccc([N+](=O)[O-])cc1Cl.Cl. The maximum absolute atomic E-state index is 12.2. The van der Waals surface area contributed by atoms with Gasteiger partial charge < -0.3 is 10.6 Å². The minimum atomic E-state index is -0.539. The quantitative estimate of drug-likeness (QED) is 0.657. The molecule has 2 unspecified atom stereocenters. The Labute approximate surface area is 133 Å². The predicted octanol–water partition coefficient (Wildman–Crippen LogP) is 2.40. The normalized spacial score (nSPS) is 21.2. The Morgan fingerprint density at radius 1 is 1.52 bits per heavy atom. The highest BCUT2D eigenvalue weighted by Crippen LogP contribution is 2.23. The minimum Gasteiger partial charge on any atom is -0.349 e. The van der Waals surface area contributed by atoms with Gasteiger partial charge in [-0.25, -0.2) is 0 Å². The lowest BCUT2D eigenvalue weighted by Gasteiger charge is -2.30. The number of hydrogen-bond donors (Lipinski definition) is 2. The molecule has 0 aliphatic carbocycles. The number of nitro groups is 1. The largest absolute Gasteiger partial charge is 0.349 e. The fraction of sp³-hybridized carbons (Fsp3) is 0.462. The Hall–Kier alpha value is -1.37. The molecule has 2 N–H and O–H groups in total. The summed E-state index contributed by atoms with van der Waals surface area (Å²) in [6, 6.07) is 3.96. The van der Waals surface area contributed by atoms with Crippen molar-refractivity contribution in [1.29, 1.82) is 0 Å². The fourth-order valence-electron chi connectivity index (χ4n) is 2.28. The van der Waals surface area contributed by atoms with E-state index in [0.717, 1.165) is 19.5 Å². The van der Waals surface area contributed by atoms with Gasteiger partial charge in [0.05, 0.1) is 15.5 Å². The van der Waals surface area contributed by atoms with Crippen LogP contribution in [0.2, 0.25) is 5.02 Å². The van der Waals surface area contributed by atoms with Gasteiger partial charge in [-0.2, -0.15) is 0 Å². The lowest BCUT2D eigenvalue weighted by molar-refractivity contribution is -0.384. The van der Waals surface area contributed by atoms with Gasteiger partial charge in [0.1, 0.15) is 0 Å². The summed E-state index contributed by atoms with van der Waals surface area (Å²) in [6.07, 6.45) is 0.859. The summed E-state index contributed by atoms with van der Waals surface area (Å²) >= 11 is 5.94. The third-order valence-electron chi connectivity index (χ3n) is 3.51. The van der Waals surface area contributed by atoms with Crippen molar-refractivity contribution in [3.63, 3.8) is 0 Å². The molecule has 116 valence electrons. The molecule has 0 bridgehead atoms.